The number of hydrogen-bond donors (Lipinski definition) is 0. The maximum absolute atomic E-state index is 14.6. The number of hydrogen-bond acceptors (Lipinski definition) is 6. The predicted octanol–water partition coefficient (Wildman–Crippen LogP) is 14.9. The van der Waals surface area contributed by atoms with Gasteiger partial charge >= 0.3 is 8.80 Å². The van der Waals surface area contributed by atoms with E-state index in [0.717, 1.165) is 46.1 Å². The molecule has 1 unspecified atom stereocenters. The highest BCUT2D eigenvalue weighted by Crippen LogP contribution is 2.60. The average Bonchev–Trinajstić information content (AvgIpc) is 3.53. The van der Waals surface area contributed by atoms with E-state index in [0.29, 0.717) is 37.1 Å². The molecule has 0 amide bonds. The van der Waals surface area contributed by atoms with Crippen LogP contribution in [0.25, 0.3) is 32.8 Å². The molecule has 1 atom stereocenters. The summed E-state index contributed by atoms with van der Waals surface area (Å²) in [5, 5.41) is 2.11. The largest absolute Gasteiger partial charge is 0.502 e. The molecule has 5 aromatic rings. The average molecular weight is 898 g/mol. The van der Waals surface area contributed by atoms with Gasteiger partial charge < -0.3 is 27.5 Å². The van der Waals surface area contributed by atoms with Crippen molar-refractivity contribution in [3.63, 3.8) is 0 Å². The number of benzene rings is 5. The molecule has 344 valence electrons. The van der Waals surface area contributed by atoms with E-state index in [1.807, 2.05) is 92.6 Å². The van der Waals surface area contributed by atoms with Gasteiger partial charge in [-0.3, -0.25) is 0 Å². The first-order valence-electron chi connectivity index (χ1n) is 23.2. The van der Waals surface area contributed by atoms with Gasteiger partial charge in [-0.2, -0.15) is 0 Å². The van der Waals surface area contributed by atoms with Crippen molar-refractivity contribution in [2.45, 2.75) is 149 Å². The molecule has 7 nitrogen and oxygen atoms in total. The Bertz CT molecular complexity index is 2550. The topological polar surface area (TPSA) is 59.7 Å². The summed E-state index contributed by atoms with van der Waals surface area (Å²) in [7, 11) is -3.18. The molecule has 9 heteroatoms. The third-order valence-corrected chi connectivity index (χ3v) is 16.0. The molecule has 0 saturated carbocycles. The summed E-state index contributed by atoms with van der Waals surface area (Å²) in [6, 6.07) is 29.8. The van der Waals surface area contributed by atoms with Crippen LogP contribution in [0.2, 0.25) is 6.04 Å². The van der Waals surface area contributed by atoms with Gasteiger partial charge in [0, 0.05) is 33.5 Å². The van der Waals surface area contributed by atoms with E-state index >= 15 is 0 Å². The molecule has 7 rings (SSSR count). The molecule has 0 bridgehead atoms. The zero-order chi connectivity index (χ0) is 47.2. The molecule has 0 spiro atoms. The molecule has 0 radical (unpaired) electrons. The van der Waals surface area contributed by atoms with Gasteiger partial charge in [-0.05, 0) is 153 Å². The van der Waals surface area contributed by atoms with Crippen LogP contribution in [-0.4, -0.2) is 44.4 Å². The second-order valence-corrected chi connectivity index (χ2v) is 23.6. The summed E-state index contributed by atoms with van der Waals surface area (Å²) in [6.45, 7) is 35.6. The quantitative estimate of drug-likeness (QED) is 0.0593. The Balaban J connectivity index is 1.15. The Labute approximate surface area is 388 Å². The Kier molecular flexibility index (Phi) is 13.2. The van der Waals surface area contributed by atoms with E-state index < -0.39 is 36.8 Å². The minimum absolute atomic E-state index is 0.310. The molecule has 65 heavy (non-hydrogen) atoms. The van der Waals surface area contributed by atoms with Crippen LogP contribution in [0.5, 0.6) is 11.5 Å². The molecule has 0 fully saturated rings. The second-order valence-electron chi connectivity index (χ2n) is 21.2. The third kappa shape index (κ3) is 9.99. The Morgan fingerprint density at radius 2 is 1.28 bits per heavy atom. The summed E-state index contributed by atoms with van der Waals surface area (Å²) in [4.78, 5) is 3.82. The molecule has 2 aliphatic rings. The Morgan fingerprint density at radius 1 is 0.708 bits per heavy atom. The van der Waals surface area contributed by atoms with Crippen molar-refractivity contribution in [1.82, 2.24) is 0 Å². The van der Waals surface area contributed by atoms with Crippen LogP contribution < -0.4 is 9.47 Å². The van der Waals surface area contributed by atoms with E-state index in [-0.39, 0.29) is 11.2 Å². The van der Waals surface area contributed by atoms with Crippen molar-refractivity contribution < 1.29 is 31.9 Å². The minimum Gasteiger partial charge on any atom is -0.491 e. The van der Waals surface area contributed by atoms with E-state index in [4.69, 9.17) is 34.1 Å². The lowest BCUT2D eigenvalue weighted by molar-refractivity contribution is -0.0823. The molecule has 0 saturated heterocycles. The summed E-state index contributed by atoms with van der Waals surface area (Å²) in [5.74, 6) is 1.17. The van der Waals surface area contributed by atoms with Gasteiger partial charge in [-0.1, -0.05) is 86.7 Å². The lowest BCUT2D eigenvalue weighted by Crippen LogP contribution is -2.57. The van der Waals surface area contributed by atoms with Gasteiger partial charge in [0.15, 0.2) is 11.3 Å². The molecule has 0 aromatic heterocycles. The van der Waals surface area contributed by atoms with Gasteiger partial charge in [0.1, 0.15) is 23.9 Å². The van der Waals surface area contributed by atoms with Crippen LogP contribution in [0.15, 0.2) is 97.1 Å². The maximum atomic E-state index is 14.6. The summed E-state index contributed by atoms with van der Waals surface area (Å²) in [5.41, 5.74) is 4.94. The van der Waals surface area contributed by atoms with Gasteiger partial charge in [-0.15, -0.1) is 0 Å². The lowest BCUT2D eigenvalue weighted by Gasteiger charge is -2.44. The fraction of sp³-hybridized carbons (Fsp3) is 0.446. The van der Waals surface area contributed by atoms with E-state index in [2.05, 4.69) is 81.1 Å². The summed E-state index contributed by atoms with van der Waals surface area (Å²) >= 11 is 0. The number of halogens is 1. The van der Waals surface area contributed by atoms with E-state index in [1.165, 1.54) is 34.4 Å². The SMILES string of the molecule is [C-]#[N+]c1ccc2c(c1)C(CC)(CC)c1c3c(c4ccccc4c1-2)OC(c1ccc(F)cc1)(c1ccc(OCCOC(C)(C)CC[Si](OC(C)(C)C)(OC(C)(C)C)OC(C)(C)C)cc1)C=C3. The summed E-state index contributed by atoms with van der Waals surface area (Å²) < 4.78 is 54.9. The first kappa shape index (κ1) is 48.1. The first-order valence-corrected chi connectivity index (χ1v) is 25.1. The lowest BCUT2D eigenvalue weighted by atomic mass is 9.71. The van der Waals surface area contributed by atoms with Crippen LogP contribution in [0.1, 0.15) is 137 Å². The van der Waals surface area contributed by atoms with Gasteiger partial charge in [0.2, 0.25) is 0 Å². The first-order chi connectivity index (χ1) is 30.5. The zero-order valence-corrected chi connectivity index (χ0v) is 41.8. The van der Waals surface area contributed by atoms with Gasteiger partial charge in [0.05, 0.1) is 35.6 Å². The summed E-state index contributed by atoms with van der Waals surface area (Å²) in [6.07, 6.45) is 6.74. The van der Waals surface area contributed by atoms with Crippen LogP contribution in [0.3, 0.4) is 0 Å². The van der Waals surface area contributed by atoms with Gasteiger partial charge in [-0.25, -0.2) is 9.24 Å². The van der Waals surface area contributed by atoms with Crippen molar-refractivity contribution in [3.05, 3.63) is 142 Å². The van der Waals surface area contributed by atoms with Crippen LogP contribution in [0, 0.1) is 12.4 Å². The van der Waals surface area contributed by atoms with E-state index in [9.17, 15) is 4.39 Å². The van der Waals surface area contributed by atoms with Crippen molar-refractivity contribution in [2.75, 3.05) is 13.2 Å². The number of rotatable bonds is 15. The minimum atomic E-state index is -3.18. The maximum Gasteiger partial charge on any atom is 0.502 e. The van der Waals surface area contributed by atoms with Crippen molar-refractivity contribution in [3.8, 4) is 22.6 Å². The smallest absolute Gasteiger partial charge is 0.491 e. The molecule has 1 aliphatic heterocycles. The van der Waals surface area contributed by atoms with Crippen LogP contribution >= 0.6 is 0 Å². The van der Waals surface area contributed by atoms with Crippen molar-refractivity contribution in [2.24, 2.45) is 0 Å². The van der Waals surface area contributed by atoms with Crippen LogP contribution in [-0.2, 0) is 29.0 Å². The molecule has 1 aliphatic carbocycles. The van der Waals surface area contributed by atoms with Crippen molar-refractivity contribution in [1.29, 1.82) is 0 Å². The highest BCUT2D eigenvalue weighted by molar-refractivity contribution is 6.61. The standard InChI is InChI=1S/C56H68FNO6Si/c1-15-55(16-2)47-37-41(58-14)27-30-45(47)48-43-19-17-18-20-44(43)50-46(49(48)55)31-32-56(61-50,38-21-25-40(57)26-22-38)39-23-28-42(29-24-39)59-34-35-60-54(12,13)33-36-65(62-51(3,4)5,63-52(6,7)8)64-53(9,10)11/h17-32,37H,15-16,33-36H2,1-13H3. The Hall–Kier alpha value is -4.82. The number of fused-ring (bicyclic) bond motifs is 8. The molecular weight excluding hydrogens is 830 g/mol. The van der Waals surface area contributed by atoms with Crippen molar-refractivity contribution >= 4 is 31.3 Å². The zero-order valence-electron chi connectivity index (χ0n) is 40.8. The van der Waals surface area contributed by atoms with Crippen LogP contribution in [0.4, 0.5) is 10.1 Å². The molecular formula is C56H68FNO6Si. The molecule has 1 heterocycles. The number of ether oxygens (including phenoxy) is 3. The highest BCUT2D eigenvalue weighted by Gasteiger charge is 2.51. The Morgan fingerprint density at radius 3 is 1.83 bits per heavy atom. The van der Waals surface area contributed by atoms with Gasteiger partial charge in [0.25, 0.3) is 0 Å². The monoisotopic (exact) mass is 897 g/mol. The fourth-order valence-corrected chi connectivity index (χ4v) is 13.9. The fourth-order valence-electron chi connectivity index (χ4n) is 9.80. The predicted molar refractivity (Wildman–Crippen MR) is 264 cm³/mol. The molecule has 0 N–H and O–H groups in total. The number of nitrogens with zero attached hydrogens (tertiary/aromatic N) is 1. The normalized spacial score (nSPS) is 17.0. The highest BCUT2D eigenvalue weighted by atomic mass is 28.4. The third-order valence-electron chi connectivity index (χ3n) is 12.4. The molecule has 5 aromatic carbocycles. The second kappa shape index (κ2) is 17.8. The van der Waals surface area contributed by atoms with E-state index in [1.54, 1.807) is 12.1 Å².